The monoisotopic (exact) mass is 279 g/mol. The molecule has 1 atom stereocenters. The van der Waals surface area contributed by atoms with Crippen molar-refractivity contribution in [2.24, 2.45) is 0 Å². The fourth-order valence-electron chi connectivity index (χ4n) is 2.18. The molecule has 1 aliphatic rings. The van der Waals surface area contributed by atoms with Crippen molar-refractivity contribution in [1.29, 1.82) is 0 Å². The molecule has 0 bridgehead atoms. The van der Waals surface area contributed by atoms with Crippen LogP contribution in [0, 0.1) is 0 Å². The van der Waals surface area contributed by atoms with Gasteiger partial charge in [-0.25, -0.2) is 8.42 Å². The van der Waals surface area contributed by atoms with Gasteiger partial charge in [-0.2, -0.15) is 0 Å². The molecular weight excluding hydrogens is 254 g/mol. The molecule has 0 spiro atoms. The van der Waals surface area contributed by atoms with Crippen LogP contribution in [0.3, 0.4) is 0 Å². The molecule has 1 aliphatic heterocycles. The summed E-state index contributed by atoms with van der Waals surface area (Å²) in [6.07, 6.45) is 2.26. The molecule has 0 aliphatic carbocycles. The second-order valence-electron chi connectivity index (χ2n) is 4.54. The van der Waals surface area contributed by atoms with Crippen LogP contribution in [0.2, 0.25) is 0 Å². The molecule has 1 saturated heterocycles. The summed E-state index contributed by atoms with van der Waals surface area (Å²) in [5.41, 5.74) is 0. The zero-order valence-electron chi connectivity index (χ0n) is 11.4. The smallest absolute Gasteiger partial charge is 0.158 e. The largest absolute Gasteiger partial charge is 0.353 e. The summed E-state index contributed by atoms with van der Waals surface area (Å²) >= 11 is 0. The molecule has 18 heavy (non-hydrogen) atoms. The topological polar surface area (TPSA) is 64.6 Å². The summed E-state index contributed by atoms with van der Waals surface area (Å²) in [5.74, 6) is 0.604. The minimum Gasteiger partial charge on any atom is -0.353 e. The highest BCUT2D eigenvalue weighted by atomic mass is 32.2. The van der Waals surface area contributed by atoms with Crippen molar-refractivity contribution >= 4 is 9.84 Å². The average molecular weight is 279 g/mol. The lowest BCUT2D eigenvalue weighted by molar-refractivity contribution is -0.138. The summed E-state index contributed by atoms with van der Waals surface area (Å²) in [5, 5.41) is 3.29. The first kappa shape index (κ1) is 15.9. The highest BCUT2D eigenvalue weighted by Crippen LogP contribution is 2.12. The fourth-order valence-corrected chi connectivity index (χ4v) is 3.85. The molecule has 1 N–H and O–H groups in total. The second kappa shape index (κ2) is 8.09. The van der Waals surface area contributed by atoms with E-state index in [1.807, 2.05) is 13.8 Å². The molecule has 1 unspecified atom stereocenters. The lowest BCUT2D eigenvalue weighted by Crippen LogP contribution is -2.41. The van der Waals surface area contributed by atoms with E-state index in [0.717, 1.165) is 25.8 Å². The number of hydrogen-bond acceptors (Lipinski definition) is 5. The first-order chi connectivity index (χ1) is 8.57. The van der Waals surface area contributed by atoms with Crippen molar-refractivity contribution in [1.82, 2.24) is 5.32 Å². The Morgan fingerprint density at radius 2 is 1.94 bits per heavy atom. The predicted octanol–water partition coefficient (Wildman–Crippen LogP) is 0.942. The average Bonchev–Trinajstić information content (AvgIpc) is 2.28. The third-order valence-corrected chi connectivity index (χ3v) is 4.80. The van der Waals surface area contributed by atoms with E-state index < -0.39 is 9.84 Å². The third kappa shape index (κ3) is 6.13. The van der Waals surface area contributed by atoms with Gasteiger partial charge in [-0.3, -0.25) is 0 Å². The minimum absolute atomic E-state index is 0.0904. The molecule has 5 nitrogen and oxygen atoms in total. The highest BCUT2D eigenvalue weighted by molar-refractivity contribution is 7.91. The van der Waals surface area contributed by atoms with Crippen LogP contribution in [0.4, 0.5) is 0 Å². The van der Waals surface area contributed by atoms with Crippen LogP contribution >= 0.6 is 0 Å². The Labute approximate surface area is 110 Å². The van der Waals surface area contributed by atoms with E-state index in [-0.39, 0.29) is 18.1 Å². The van der Waals surface area contributed by atoms with Gasteiger partial charge in [-0.1, -0.05) is 0 Å². The molecule has 0 saturated carbocycles. The molecule has 108 valence electrons. The zero-order valence-corrected chi connectivity index (χ0v) is 12.2. The summed E-state index contributed by atoms with van der Waals surface area (Å²) in [6, 6.07) is 0.0904. The SMILES string of the molecule is CCOC(CCNC1CCCS(=O)(=O)C1)OCC. The number of hydrogen-bond donors (Lipinski definition) is 1. The van der Waals surface area contributed by atoms with E-state index in [2.05, 4.69) is 5.32 Å². The van der Waals surface area contributed by atoms with E-state index >= 15 is 0 Å². The molecule has 6 heteroatoms. The number of rotatable bonds is 8. The normalized spacial score (nSPS) is 23.4. The highest BCUT2D eigenvalue weighted by Gasteiger charge is 2.24. The standard InChI is InChI=1S/C12H25NO4S/c1-3-16-12(17-4-2)7-8-13-11-6-5-9-18(14,15)10-11/h11-13H,3-10H2,1-2H3. The molecule has 0 radical (unpaired) electrons. The molecule has 0 aromatic carbocycles. The van der Waals surface area contributed by atoms with Gasteiger partial charge in [0.25, 0.3) is 0 Å². The maximum absolute atomic E-state index is 11.5. The van der Waals surface area contributed by atoms with Gasteiger partial charge in [0.2, 0.25) is 0 Å². The second-order valence-corrected chi connectivity index (χ2v) is 6.77. The number of ether oxygens (including phenoxy) is 2. The van der Waals surface area contributed by atoms with Gasteiger partial charge in [0, 0.05) is 32.2 Å². The maximum atomic E-state index is 11.5. The van der Waals surface area contributed by atoms with E-state index in [9.17, 15) is 8.42 Å². The Morgan fingerprint density at radius 3 is 2.50 bits per heavy atom. The van der Waals surface area contributed by atoms with Crippen molar-refractivity contribution < 1.29 is 17.9 Å². The molecule has 1 fully saturated rings. The van der Waals surface area contributed by atoms with Gasteiger partial charge < -0.3 is 14.8 Å². The van der Waals surface area contributed by atoms with Gasteiger partial charge in [0.15, 0.2) is 16.1 Å². The molecular formula is C12H25NO4S. The fraction of sp³-hybridized carbons (Fsp3) is 1.00. The van der Waals surface area contributed by atoms with E-state index in [1.54, 1.807) is 0 Å². The van der Waals surface area contributed by atoms with Crippen LogP contribution in [-0.4, -0.2) is 52.0 Å². The molecule has 0 aromatic rings. The van der Waals surface area contributed by atoms with E-state index in [4.69, 9.17) is 9.47 Å². The van der Waals surface area contributed by atoms with Crippen molar-refractivity contribution in [3.63, 3.8) is 0 Å². The minimum atomic E-state index is -2.83. The Morgan fingerprint density at radius 1 is 1.28 bits per heavy atom. The van der Waals surface area contributed by atoms with Gasteiger partial charge in [-0.05, 0) is 26.7 Å². The van der Waals surface area contributed by atoms with Crippen molar-refractivity contribution in [3.05, 3.63) is 0 Å². The van der Waals surface area contributed by atoms with Crippen molar-refractivity contribution in [3.8, 4) is 0 Å². The Bertz CT molecular complexity index is 312. The van der Waals surface area contributed by atoms with E-state index in [1.165, 1.54) is 0 Å². The molecule has 1 heterocycles. The molecule has 0 amide bonds. The Balaban J connectivity index is 2.23. The Kier molecular flexibility index (Phi) is 7.14. The van der Waals surface area contributed by atoms with Gasteiger partial charge >= 0.3 is 0 Å². The maximum Gasteiger partial charge on any atom is 0.158 e. The quantitative estimate of drug-likeness (QED) is 0.670. The number of nitrogens with one attached hydrogen (secondary N) is 1. The van der Waals surface area contributed by atoms with Crippen LogP contribution in [-0.2, 0) is 19.3 Å². The van der Waals surface area contributed by atoms with Crippen LogP contribution in [0.25, 0.3) is 0 Å². The molecule has 0 aromatic heterocycles. The predicted molar refractivity (Wildman–Crippen MR) is 71.3 cm³/mol. The van der Waals surface area contributed by atoms with Crippen LogP contribution in [0.15, 0.2) is 0 Å². The molecule has 1 rings (SSSR count). The van der Waals surface area contributed by atoms with Crippen LogP contribution in [0.5, 0.6) is 0 Å². The Hall–Kier alpha value is -0.170. The number of sulfone groups is 1. The zero-order chi connectivity index (χ0) is 13.4. The first-order valence-corrected chi connectivity index (χ1v) is 8.56. The lowest BCUT2D eigenvalue weighted by atomic mass is 10.2. The summed E-state index contributed by atoms with van der Waals surface area (Å²) in [6.45, 7) is 5.86. The van der Waals surface area contributed by atoms with Gasteiger partial charge in [0.1, 0.15) is 0 Å². The van der Waals surface area contributed by atoms with Crippen molar-refractivity contribution in [2.75, 3.05) is 31.3 Å². The summed E-state index contributed by atoms with van der Waals surface area (Å²) in [7, 11) is -2.83. The lowest BCUT2D eigenvalue weighted by Gasteiger charge is -2.24. The first-order valence-electron chi connectivity index (χ1n) is 6.74. The van der Waals surface area contributed by atoms with E-state index in [0.29, 0.717) is 19.0 Å². The van der Waals surface area contributed by atoms with Crippen LogP contribution < -0.4 is 5.32 Å². The summed E-state index contributed by atoms with van der Waals surface area (Å²) < 4.78 is 33.8. The van der Waals surface area contributed by atoms with Crippen LogP contribution in [0.1, 0.15) is 33.1 Å². The summed E-state index contributed by atoms with van der Waals surface area (Å²) in [4.78, 5) is 0. The van der Waals surface area contributed by atoms with Crippen molar-refractivity contribution in [2.45, 2.75) is 45.4 Å². The third-order valence-electron chi connectivity index (χ3n) is 2.98. The van der Waals surface area contributed by atoms with Gasteiger partial charge in [-0.15, -0.1) is 0 Å². The van der Waals surface area contributed by atoms with Gasteiger partial charge in [0.05, 0.1) is 11.5 Å².